The molecule has 8 nitrogen and oxygen atoms in total. The van der Waals surface area contributed by atoms with E-state index in [1.807, 2.05) is 0 Å². The van der Waals surface area contributed by atoms with Gasteiger partial charge in [-0.2, -0.15) is 0 Å². The van der Waals surface area contributed by atoms with Gasteiger partial charge in [-0.15, -0.1) is 0 Å². The lowest BCUT2D eigenvalue weighted by atomic mass is 9.97. The molecule has 1 aromatic heterocycles. The highest BCUT2D eigenvalue weighted by molar-refractivity contribution is 5.99. The van der Waals surface area contributed by atoms with Crippen molar-refractivity contribution < 1.29 is 19.1 Å². The van der Waals surface area contributed by atoms with E-state index in [1.165, 1.54) is 26.1 Å². The van der Waals surface area contributed by atoms with Gasteiger partial charge in [0.25, 0.3) is 5.91 Å². The van der Waals surface area contributed by atoms with Crippen LogP contribution in [0.15, 0.2) is 42.7 Å². The Bertz CT molecular complexity index is 1010. The van der Waals surface area contributed by atoms with Crippen molar-refractivity contribution >= 4 is 29.2 Å². The molecule has 0 bridgehead atoms. The van der Waals surface area contributed by atoms with Gasteiger partial charge in [0.2, 0.25) is 5.91 Å². The zero-order valence-corrected chi connectivity index (χ0v) is 18.8. The van der Waals surface area contributed by atoms with E-state index >= 15 is 0 Å². The second-order valence-corrected chi connectivity index (χ2v) is 8.81. The summed E-state index contributed by atoms with van der Waals surface area (Å²) >= 11 is 0. The zero-order valence-electron chi connectivity index (χ0n) is 18.8. The van der Waals surface area contributed by atoms with Crippen LogP contribution >= 0.6 is 0 Å². The Balaban J connectivity index is 1.46. The molecular weight excluding hydrogens is 420 g/mol. The van der Waals surface area contributed by atoms with Crippen molar-refractivity contribution in [3.8, 4) is 0 Å². The number of benzene rings is 1. The van der Waals surface area contributed by atoms with E-state index in [1.54, 1.807) is 36.5 Å². The molecule has 8 heteroatoms. The fourth-order valence-electron chi connectivity index (χ4n) is 4.25. The van der Waals surface area contributed by atoms with Crippen LogP contribution in [0.1, 0.15) is 65.7 Å². The number of anilines is 2. The summed E-state index contributed by atoms with van der Waals surface area (Å²) in [6.07, 6.45) is 10.3. The van der Waals surface area contributed by atoms with Crippen molar-refractivity contribution in [1.82, 2.24) is 15.6 Å². The maximum absolute atomic E-state index is 13.1. The number of hydrogen-bond donors (Lipinski definition) is 3. The van der Waals surface area contributed by atoms with Gasteiger partial charge in [0, 0.05) is 29.7 Å². The number of aromatic nitrogens is 1. The number of amides is 2. The second-order valence-electron chi connectivity index (χ2n) is 8.81. The molecule has 33 heavy (non-hydrogen) atoms. The predicted octanol–water partition coefficient (Wildman–Crippen LogP) is 3.57. The van der Waals surface area contributed by atoms with Crippen molar-refractivity contribution in [1.29, 1.82) is 0 Å². The Hall–Kier alpha value is -3.42. The summed E-state index contributed by atoms with van der Waals surface area (Å²) in [6, 6.07) is 8.34. The minimum atomic E-state index is -0.538. The number of esters is 1. The molecule has 1 atom stereocenters. The summed E-state index contributed by atoms with van der Waals surface area (Å²) in [7, 11) is 1.31. The van der Waals surface area contributed by atoms with Crippen LogP contribution in [-0.4, -0.2) is 42.0 Å². The summed E-state index contributed by atoms with van der Waals surface area (Å²) in [4.78, 5) is 41.8. The third-order valence-corrected chi connectivity index (χ3v) is 6.22. The van der Waals surface area contributed by atoms with Gasteiger partial charge in [0.15, 0.2) is 0 Å². The molecule has 0 radical (unpaired) electrons. The smallest absolute Gasteiger partial charge is 0.341 e. The van der Waals surface area contributed by atoms with Crippen LogP contribution in [0, 0.1) is 5.92 Å². The number of nitrogens with one attached hydrogen (secondary N) is 3. The number of rotatable bonds is 9. The van der Waals surface area contributed by atoms with Gasteiger partial charge in [-0.3, -0.25) is 14.6 Å². The average Bonchev–Trinajstić information content (AvgIpc) is 3.49. The van der Waals surface area contributed by atoms with E-state index in [9.17, 15) is 14.4 Å². The zero-order chi connectivity index (χ0) is 23.2. The molecule has 2 saturated carbocycles. The standard InChI is InChI=1S/C25H30N4O4/c1-33-25(32)20-15-26-12-11-21(20)27-19-8-4-7-17(14-19)23(30)29-22(13-16-5-2-3-6-16)24(31)28-18-9-10-18/h4,7-8,11-12,14-16,18,22H,2-3,5-6,9-10,13H2,1H3,(H,26,27)(H,28,31)(H,29,30)/t22-/m0/s1. The molecule has 4 rings (SSSR count). The molecule has 1 heterocycles. The fraction of sp³-hybridized carbons (Fsp3) is 0.440. The highest BCUT2D eigenvalue weighted by Gasteiger charge is 2.31. The first-order chi connectivity index (χ1) is 16.0. The maximum atomic E-state index is 13.1. The Kier molecular flexibility index (Phi) is 7.22. The van der Waals surface area contributed by atoms with E-state index in [4.69, 9.17) is 4.74 Å². The van der Waals surface area contributed by atoms with Crippen LogP contribution in [0.4, 0.5) is 11.4 Å². The molecule has 2 fully saturated rings. The lowest BCUT2D eigenvalue weighted by molar-refractivity contribution is -0.123. The SMILES string of the molecule is COC(=O)c1cnccc1Nc1cccc(C(=O)N[C@@H](CC2CCCC2)C(=O)NC2CC2)c1. The molecule has 0 spiro atoms. The summed E-state index contributed by atoms with van der Waals surface area (Å²) < 4.78 is 4.81. The van der Waals surface area contributed by atoms with E-state index < -0.39 is 12.0 Å². The van der Waals surface area contributed by atoms with Gasteiger partial charge < -0.3 is 20.7 Å². The monoisotopic (exact) mass is 450 g/mol. The number of ether oxygens (including phenoxy) is 1. The Morgan fingerprint density at radius 3 is 2.64 bits per heavy atom. The quantitative estimate of drug-likeness (QED) is 0.504. The lowest BCUT2D eigenvalue weighted by Crippen LogP contribution is -2.48. The Morgan fingerprint density at radius 1 is 1.12 bits per heavy atom. The van der Waals surface area contributed by atoms with Crippen LogP contribution in [0.3, 0.4) is 0 Å². The molecule has 2 aromatic rings. The molecular formula is C25H30N4O4. The van der Waals surface area contributed by atoms with Crippen molar-refractivity contribution in [2.45, 2.75) is 57.0 Å². The van der Waals surface area contributed by atoms with E-state index in [-0.39, 0.29) is 17.9 Å². The van der Waals surface area contributed by atoms with Crippen molar-refractivity contribution in [3.05, 3.63) is 53.9 Å². The molecule has 3 N–H and O–H groups in total. The van der Waals surface area contributed by atoms with Crippen molar-refractivity contribution in [3.63, 3.8) is 0 Å². The van der Waals surface area contributed by atoms with Crippen LogP contribution in [0.25, 0.3) is 0 Å². The van der Waals surface area contributed by atoms with Crippen molar-refractivity contribution in [2.75, 3.05) is 12.4 Å². The number of carbonyl (C=O) groups excluding carboxylic acids is 3. The molecule has 0 aliphatic heterocycles. The summed E-state index contributed by atoms with van der Waals surface area (Å²) in [5.74, 6) is -0.422. The number of carbonyl (C=O) groups is 3. The van der Waals surface area contributed by atoms with E-state index in [0.717, 1.165) is 25.7 Å². The predicted molar refractivity (Wildman–Crippen MR) is 124 cm³/mol. The van der Waals surface area contributed by atoms with Gasteiger partial charge in [-0.25, -0.2) is 4.79 Å². The first-order valence-electron chi connectivity index (χ1n) is 11.5. The van der Waals surface area contributed by atoms with Gasteiger partial charge in [0.1, 0.15) is 11.6 Å². The van der Waals surface area contributed by atoms with E-state index in [0.29, 0.717) is 34.8 Å². The van der Waals surface area contributed by atoms with Gasteiger partial charge in [0.05, 0.1) is 12.8 Å². The van der Waals surface area contributed by atoms with Gasteiger partial charge >= 0.3 is 5.97 Å². The third-order valence-electron chi connectivity index (χ3n) is 6.22. The number of hydrogen-bond acceptors (Lipinski definition) is 6. The number of pyridine rings is 1. The summed E-state index contributed by atoms with van der Waals surface area (Å²) in [5.41, 5.74) is 1.89. The minimum Gasteiger partial charge on any atom is -0.465 e. The normalized spacial score (nSPS) is 16.6. The Morgan fingerprint density at radius 2 is 1.91 bits per heavy atom. The molecule has 0 unspecified atom stereocenters. The van der Waals surface area contributed by atoms with E-state index in [2.05, 4.69) is 20.9 Å². The molecule has 0 saturated heterocycles. The molecule has 2 amide bonds. The largest absolute Gasteiger partial charge is 0.465 e. The first-order valence-corrected chi connectivity index (χ1v) is 11.5. The second kappa shape index (κ2) is 10.5. The molecule has 174 valence electrons. The number of nitrogens with zero attached hydrogens (tertiary/aromatic N) is 1. The average molecular weight is 451 g/mol. The molecule has 1 aromatic carbocycles. The van der Waals surface area contributed by atoms with Crippen LogP contribution < -0.4 is 16.0 Å². The Labute approximate surface area is 193 Å². The summed E-state index contributed by atoms with van der Waals surface area (Å²) in [5, 5.41) is 9.15. The van der Waals surface area contributed by atoms with Crippen LogP contribution in [-0.2, 0) is 9.53 Å². The van der Waals surface area contributed by atoms with Gasteiger partial charge in [-0.1, -0.05) is 31.7 Å². The highest BCUT2D eigenvalue weighted by Crippen LogP contribution is 2.29. The van der Waals surface area contributed by atoms with Crippen molar-refractivity contribution in [2.24, 2.45) is 5.92 Å². The first kappa shape index (κ1) is 22.8. The van der Waals surface area contributed by atoms with Crippen LogP contribution in [0.2, 0.25) is 0 Å². The third kappa shape index (κ3) is 6.09. The van der Waals surface area contributed by atoms with Gasteiger partial charge in [-0.05, 0) is 49.4 Å². The fourth-order valence-corrected chi connectivity index (χ4v) is 4.25. The topological polar surface area (TPSA) is 109 Å². The molecule has 2 aliphatic rings. The lowest BCUT2D eigenvalue weighted by Gasteiger charge is -2.21. The maximum Gasteiger partial charge on any atom is 0.341 e. The highest BCUT2D eigenvalue weighted by atomic mass is 16.5. The minimum absolute atomic E-state index is 0.0912. The summed E-state index contributed by atoms with van der Waals surface area (Å²) in [6.45, 7) is 0. The molecule has 2 aliphatic carbocycles. The number of methoxy groups -OCH3 is 1. The van der Waals surface area contributed by atoms with Crippen LogP contribution in [0.5, 0.6) is 0 Å².